The number of carbonyl (C=O) groups is 1. The Morgan fingerprint density at radius 3 is 2.86 bits per heavy atom. The molecule has 3 aromatic rings. The number of halogens is 2. The minimum Gasteiger partial charge on any atom is -0.466 e. The SMILES string of the molecule is CC(C)Cn1c(-c2ccc(Cl)cc2Cl)cs/c1=N\NC(=O)COc1cnccn1. The molecule has 1 aromatic carbocycles. The van der Waals surface area contributed by atoms with Gasteiger partial charge in [-0.3, -0.25) is 9.78 Å². The summed E-state index contributed by atoms with van der Waals surface area (Å²) >= 11 is 13.8. The first-order chi connectivity index (χ1) is 13.9. The Balaban J connectivity index is 1.81. The van der Waals surface area contributed by atoms with E-state index in [1.54, 1.807) is 12.1 Å². The molecule has 0 saturated heterocycles. The first kappa shape index (κ1) is 21.3. The highest BCUT2D eigenvalue weighted by molar-refractivity contribution is 7.07. The third-order valence-electron chi connectivity index (χ3n) is 3.72. The zero-order chi connectivity index (χ0) is 20.8. The molecule has 0 aliphatic carbocycles. The smallest absolute Gasteiger partial charge is 0.278 e. The van der Waals surface area contributed by atoms with Crippen LogP contribution in [0.1, 0.15) is 13.8 Å². The predicted molar refractivity (Wildman–Crippen MR) is 114 cm³/mol. The van der Waals surface area contributed by atoms with Crippen LogP contribution in [0.2, 0.25) is 10.0 Å². The molecule has 29 heavy (non-hydrogen) atoms. The Morgan fingerprint density at radius 1 is 1.34 bits per heavy atom. The fourth-order valence-electron chi connectivity index (χ4n) is 2.52. The van der Waals surface area contributed by atoms with Gasteiger partial charge in [-0.1, -0.05) is 37.0 Å². The van der Waals surface area contributed by atoms with E-state index in [-0.39, 0.29) is 12.5 Å². The number of nitrogens with zero attached hydrogens (tertiary/aromatic N) is 4. The Bertz CT molecular complexity index is 1050. The van der Waals surface area contributed by atoms with Crippen molar-refractivity contribution in [2.75, 3.05) is 6.61 Å². The van der Waals surface area contributed by atoms with Crippen molar-refractivity contribution in [3.63, 3.8) is 0 Å². The van der Waals surface area contributed by atoms with Gasteiger partial charge in [0.1, 0.15) is 0 Å². The molecule has 152 valence electrons. The van der Waals surface area contributed by atoms with Gasteiger partial charge >= 0.3 is 0 Å². The van der Waals surface area contributed by atoms with Crippen molar-refractivity contribution in [2.45, 2.75) is 20.4 Å². The number of rotatable bonds is 7. The Morgan fingerprint density at radius 2 is 2.17 bits per heavy atom. The third-order valence-corrected chi connectivity index (χ3v) is 5.13. The summed E-state index contributed by atoms with van der Waals surface area (Å²) in [4.78, 5) is 20.5. The van der Waals surface area contributed by atoms with E-state index in [4.69, 9.17) is 27.9 Å². The first-order valence-electron chi connectivity index (χ1n) is 8.79. The normalized spacial score (nSPS) is 11.7. The van der Waals surface area contributed by atoms with Crippen LogP contribution in [0, 0.1) is 5.92 Å². The summed E-state index contributed by atoms with van der Waals surface area (Å²) in [6.45, 7) is 4.71. The molecule has 0 unspecified atom stereocenters. The van der Waals surface area contributed by atoms with E-state index in [0.29, 0.717) is 27.3 Å². The van der Waals surface area contributed by atoms with Crippen LogP contribution >= 0.6 is 34.5 Å². The van der Waals surface area contributed by atoms with Gasteiger partial charge < -0.3 is 9.30 Å². The van der Waals surface area contributed by atoms with Crippen molar-refractivity contribution in [2.24, 2.45) is 11.0 Å². The van der Waals surface area contributed by atoms with Crippen LogP contribution in [-0.4, -0.2) is 27.0 Å². The van der Waals surface area contributed by atoms with E-state index in [9.17, 15) is 4.79 Å². The van der Waals surface area contributed by atoms with Crippen LogP contribution in [0.15, 0.2) is 47.3 Å². The lowest BCUT2D eigenvalue weighted by atomic mass is 10.1. The highest BCUT2D eigenvalue weighted by Gasteiger charge is 2.13. The molecule has 1 amide bonds. The molecule has 0 bridgehead atoms. The Labute approximate surface area is 182 Å². The first-order valence-corrected chi connectivity index (χ1v) is 10.4. The molecule has 2 heterocycles. The minimum atomic E-state index is -0.397. The second-order valence-electron chi connectivity index (χ2n) is 6.51. The maximum atomic E-state index is 12.1. The van der Waals surface area contributed by atoms with E-state index in [0.717, 1.165) is 11.3 Å². The molecule has 0 saturated carbocycles. The van der Waals surface area contributed by atoms with Crippen molar-refractivity contribution in [1.82, 2.24) is 20.0 Å². The average Bonchev–Trinajstić information content (AvgIpc) is 3.07. The van der Waals surface area contributed by atoms with Crippen LogP contribution in [-0.2, 0) is 11.3 Å². The van der Waals surface area contributed by atoms with E-state index in [1.807, 2.05) is 16.0 Å². The van der Waals surface area contributed by atoms with Gasteiger partial charge in [-0.2, -0.15) is 0 Å². The summed E-state index contributed by atoms with van der Waals surface area (Å²) in [6.07, 6.45) is 4.45. The monoisotopic (exact) mass is 451 g/mol. The summed E-state index contributed by atoms with van der Waals surface area (Å²) in [5, 5.41) is 7.35. The Hall–Kier alpha value is -2.42. The van der Waals surface area contributed by atoms with Gasteiger partial charge in [0, 0.05) is 34.9 Å². The van der Waals surface area contributed by atoms with Gasteiger partial charge in [0.05, 0.1) is 16.9 Å². The van der Waals surface area contributed by atoms with E-state index >= 15 is 0 Å². The number of thiazole rings is 1. The average molecular weight is 452 g/mol. The number of hydrogen-bond acceptors (Lipinski definition) is 6. The maximum absolute atomic E-state index is 12.1. The number of carbonyl (C=O) groups excluding carboxylic acids is 1. The number of ether oxygens (including phenoxy) is 1. The van der Waals surface area contributed by atoms with E-state index in [2.05, 4.69) is 34.3 Å². The summed E-state index contributed by atoms with van der Waals surface area (Å²) in [6, 6.07) is 5.38. The van der Waals surface area contributed by atoms with Crippen molar-refractivity contribution in [1.29, 1.82) is 0 Å². The van der Waals surface area contributed by atoms with Crippen LogP contribution in [0.25, 0.3) is 11.3 Å². The molecule has 10 heteroatoms. The number of amides is 1. The molecule has 7 nitrogen and oxygen atoms in total. The third kappa shape index (κ3) is 5.79. The summed E-state index contributed by atoms with van der Waals surface area (Å²) in [5.41, 5.74) is 4.28. The Kier molecular flexibility index (Phi) is 7.24. The fourth-order valence-corrected chi connectivity index (χ4v) is 3.89. The van der Waals surface area contributed by atoms with Gasteiger partial charge in [-0.15, -0.1) is 16.4 Å². The van der Waals surface area contributed by atoms with Crippen LogP contribution in [0.3, 0.4) is 0 Å². The van der Waals surface area contributed by atoms with Gasteiger partial charge in [0.15, 0.2) is 6.61 Å². The van der Waals surface area contributed by atoms with Crippen molar-refractivity contribution in [3.05, 3.63) is 57.0 Å². The van der Waals surface area contributed by atoms with E-state index in [1.165, 1.54) is 29.9 Å². The van der Waals surface area contributed by atoms with E-state index < -0.39 is 5.91 Å². The fraction of sp³-hybridized carbons (Fsp3) is 0.263. The summed E-state index contributed by atoms with van der Waals surface area (Å²) in [5.74, 6) is 0.239. The lowest BCUT2D eigenvalue weighted by Gasteiger charge is -2.12. The van der Waals surface area contributed by atoms with Gasteiger partial charge in [0.2, 0.25) is 10.7 Å². The van der Waals surface area contributed by atoms with Crippen molar-refractivity contribution in [3.8, 4) is 17.1 Å². The van der Waals surface area contributed by atoms with Gasteiger partial charge in [0.25, 0.3) is 5.91 Å². The molecule has 2 aromatic heterocycles. The predicted octanol–water partition coefficient (Wildman–Crippen LogP) is 3.98. The van der Waals surface area contributed by atoms with Crippen LogP contribution in [0.4, 0.5) is 0 Å². The molecule has 0 fully saturated rings. The van der Waals surface area contributed by atoms with Crippen LogP contribution in [0.5, 0.6) is 5.88 Å². The quantitative estimate of drug-likeness (QED) is 0.550. The number of benzene rings is 1. The highest BCUT2D eigenvalue weighted by Crippen LogP contribution is 2.31. The molecule has 3 rings (SSSR count). The van der Waals surface area contributed by atoms with Crippen LogP contribution < -0.4 is 15.0 Å². The zero-order valence-corrected chi connectivity index (χ0v) is 18.1. The molecule has 0 radical (unpaired) electrons. The second-order valence-corrected chi connectivity index (χ2v) is 8.19. The van der Waals surface area contributed by atoms with Gasteiger partial charge in [-0.25, -0.2) is 10.4 Å². The number of nitrogens with one attached hydrogen (secondary N) is 1. The molecule has 0 spiro atoms. The second kappa shape index (κ2) is 9.87. The molecule has 0 aliphatic rings. The van der Waals surface area contributed by atoms with Crippen molar-refractivity contribution < 1.29 is 9.53 Å². The highest BCUT2D eigenvalue weighted by atomic mass is 35.5. The standard InChI is InChI=1S/C19H19Cl2N5O2S/c1-12(2)9-26-16(14-4-3-13(20)7-15(14)21)11-29-19(26)25-24-17(27)10-28-18-8-22-5-6-23-18/h3-8,11-12H,9-10H2,1-2H3,(H,24,27)/b25-19-. The molecule has 0 aliphatic heterocycles. The lowest BCUT2D eigenvalue weighted by molar-refractivity contribution is -0.123. The lowest BCUT2D eigenvalue weighted by Crippen LogP contribution is -2.29. The van der Waals surface area contributed by atoms with Crippen molar-refractivity contribution >= 4 is 40.4 Å². The summed E-state index contributed by atoms with van der Waals surface area (Å²) in [7, 11) is 0. The maximum Gasteiger partial charge on any atom is 0.278 e. The zero-order valence-electron chi connectivity index (χ0n) is 15.8. The minimum absolute atomic E-state index is 0.215. The largest absolute Gasteiger partial charge is 0.466 e. The molecule has 0 atom stereocenters. The molecular weight excluding hydrogens is 433 g/mol. The molecular formula is C19H19Cl2N5O2S. The number of hydrogen-bond donors (Lipinski definition) is 1. The number of aromatic nitrogens is 3. The molecule has 1 N–H and O–H groups in total. The summed E-state index contributed by atoms with van der Waals surface area (Å²) < 4.78 is 7.30. The topological polar surface area (TPSA) is 81.4 Å². The van der Waals surface area contributed by atoms with Gasteiger partial charge in [-0.05, 0) is 24.1 Å².